The van der Waals surface area contributed by atoms with E-state index in [0.29, 0.717) is 15.8 Å². The molecular weight excluding hydrogens is 365 g/mol. The van der Waals surface area contributed by atoms with E-state index >= 15 is 0 Å². The molecule has 0 aliphatic carbocycles. The summed E-state index contributed by atoms with van der Waals surface area (Å²) in [5, 5.41) is 11.2. The van der Waals surface area contributed by atoms with Crippen LogP contribution >= 0.6 is 15.9 Å². The molecule has 0 spiro atoms. The van der Waals surface area contributed by atoms with Crippen LogP contribution in [0.4, 0.5) is 4.39 Å². The number of aliphatic hydroxyl groups is 1. The number of carbonyl (C=O) groups excluding carboxylic acids is 1. The third-order valence-electron chi connectivity index (χ3n) is 3.13. The quantitative estimate of drug-likeness (QED) is 0.775. The van der Waals surface area contributed by atoms with Crippen LogP contribution < -0.4 is 10.1 Å². The second kappa shape index (κ2) is 8.64. The van der Waals surface area contributed by atoms with Crippen molar-refractivity contribution in [2.45, 2.75) is 13.0 Å². The number of ether oxygens (including phenoxy) is 1. The Labute approximate surface area is 142 Å². The molecule has 6 heteroatoms. The van der Waals surface area contributed by atoms with E-state index < -0.39 is 0 Å². The Kier molecular flexibility index (Phi) is 6.55. The molecule has 0 aromatic heterocycles. The molecular formula is C17H17BrFNO3. The molecule has 0 saturated heterocycles. The average Bonchev–Trinajstić information content (AvgIpc) is 2.53. The maximum Gasteiger partial charge on any atom is 0.224 e. The maximum absolute atomic E-state index is 13.7. The highest BCUT2D eigenvalue weighted by molar-refractivity contribution is 9.10. The molecule has 0 fully saturated rings. The third kappa shape index (κ3) is 5.65. The van der Waals surface area contributed by atoms with Crippen LogP contribution in [0.2, 0.25) is 0 Å². The molecule has 2 aromatic rings. The van der Waals surface area contributed by atoms with E-state index in [1.165, 1.54) is 6.07 Å². The number of amides is 1. The highest BCUT2D eigenvalue weighted by Crippen LogP contribution is 2.18. The van der Waals surface area contributed by atoms with Crippen molar-refractivity contribution < 1.29 is 19.0 Å². The molecule has 4 nitrogen and oxygen atoms in total. The summed E-state index contributed by atoms with van der Waals surface area (Å²) in [6.07, 6.45) is 0.238. The van der Waals surface area contributed by atoms with Gasteiger partial charge in [-0.3, -0.25) is 4.79 Å². The maximum atomic E-state index is 13.7. The van der Waals surface area contributed by atoms with Gasteiger partial charge in [-0.25, -0.2) is 4.39 Å². The standard InChI is InChI=1S/C17H17BrFNO3/c18-14-4-3-13(16(19)10-14)11-23-15-5-1-12(2-6-15)9-17(22)20-7-8-21/h1-6,10,21H,7-9,11H2,(H,20,22). The lowest BCUT2D eigenvalue weighted by Gasteiger charge is -2.08. The predicted octanol–water partition coefficient (Wildman–Crippen LogP) is 2.82. The molecule has 0 aliphatic heterocycles. The summed E-state index contributed by atoms with van der Waals surface area (Å²) in [6, 6.07) is 11.9. The Bertz CT molecular complexity index is 661. The molecule has 0 bridgehead atoms. The van der Waals surface area contributed by atoms with Crippen LogP contribution in [0.15, 0.2) is 46.9 Å². The van der Waals surface area contributed by atoms with E-state index in [1.807, 2.05) is 0 Å². The second-order valence-electron chi connectivity index (χ2n) is 4.92. The van der Waals surface area contributed by atoms with E-state index in [1.54, 1.807) is 36.4 Å². The Hall–Kier alpha value is -1.92. The number of hydrogen-bond donors (Lipinski definition) is 2. The number of halogens is 2. The monoisotopic (exact) mass is 381 g/mol. The topological polar surface area (TPSA) is 58.6 Å². The minimum absolute atomic E-state index is 0.0782. The van der Waals surface area contributed by atoms with E-state index in [9.17, 15) is 9.18 Å². The molecule has 0 atom stereocenters. The molecule has 2 aromatic carbocycles. The van der Waals surface area contributed by atoms with Gasteiger partial charge in [0.1, 0.15) is 18.2 Å². The molecule has 0 unspecified atom stereocenters. The Balaban J connectivity index is 1.88. The fraction of sp³-hybridized carbons (Fsp3) is 0.235. The van der Waals surface area contributed by atoms with Gasteiger partial charge in [-0.05, 0) is 29.8 Å². The average molecular weight is 382 g/mol. The van der Waals surface area contributed by atoms with Gasteiger partial charge in [0.15, 0.2) is 0 Å². The zero-order valence-electron chi connectivity index (χ0n) is 12.4. The van der Waals surface area contributed by atoms with Gasteiger partial charge in [-0.2, -0.15) is 0 Å². The normalized spacial score (nSPS) is 10.4. The molecule has 2 N–H and O–H groups in total. The highest BCUT2D eigenvalue weighted by Gasteiger charge is 2.05. The van der Waals surface area contributed by atoms with Crippen molar-refractivity contribution in [2.24, 2.45) is 0 Å². The molecule has 0 radical (unpaired) electrons. The molecule has 0 aliphatic rings. The van der Waals surface area contributed by atoms with Gasteiger partial charge in [0.25, 0.3) is 0 Å². The molecule has 23 heavy (non-hydrogen) atoms. The molecule has 122 valence electrons. The number of benzene rings is 2. The smallest absolute Gasteiger partial charge is 0.224 e. The molecule has 0 saturated carbocycles. The summed E-state index contributed by atoms with van der Waals surface area (Å²) >= 11 is 3.21. The summed E-state index contributed by atoms with van der Waals surface area (Å²) in [5.74, 6) is 0.132. The van der Waals surface area contributed by atoms with Gasteiger partial charge in [0.2, 0.25) is 5.91 Å². The predicted molar refractivity (Wildman–Crippen MR) is 88.7 cm³/mol. The number of nitrogens with one attached hydrogen (secondary N) is 1. The second-order valence-corrected chi connectivity index (χ2v) is 5.83. The number of rotatable bonds is 7. The van der Waals surface area contributed by atoms with Crippen LogP contribution in [-0.2, 0) is 17.8 Å². The Morgan fingerprint density at radius 3 is 2.61 bits per heavy atom. The van der Waals surface area contributed by atoms with E-state index in [-0.39, 0.29) is 37.9 Å². The van der Waals surface area contributed by atoms with Crippen molar-refractivity contribution in [3.63, 3.8) is 0 Å². The molecule has 2 rings (SSSR count). The summed E-state index contributed by atoms with van der Waals surface area (Å²) < 4.78 is 19.9. The lowest BCUT2D eigenvalue weighted by atomic mass is 10.1. The minimum Gasteiger partial charge on any atom is -0.489 e. The van der Waals surface area contributed by atoms with Crippen molar-refractivity contribution in [3.8, 4) is 5.75 Å². The summed E-state index contributed by atoms with van der Waals surface area (Å²) in [5.41, 5.74) is 1.31. The zero-order valence-corrected chi connectivity index (χ0v) is 14.0. The van der Waals surface area contributed by atoms with Crippen LogP contribution in [0.25, 0.3) is 0 Å². The van der Waals surface area contributed by atoms with Crippen molar-refractivity contribution in [2.75, 3.05) is 13.2 Å². The van der Waals surface area contributed by atoms with Gasteiger partial charge in [-0.15, -0.1) is 0 Å². The zero-order chi connectivity index (χ0) is 16.7. The van der Waals surface area contributed by atoms with E-state index in [0.717, 1.165) is 5.56 Å². The van der Waals surface area contributed by atoms with Crippen LogP contribution in [0.5, 0.6) is 5.75 Å². The first-order chi connectivity index (χ1) is 11.1. The largest absolute Gasteiger partial charge is 0.489 e. The molecule has 1 amide bonds. The van der Waals surface area contributed by atoms with Gasteiger partial charge < -0.3 is 15.2 Å². The van der Waals surface area contributed by atoms with Crippen molar-refractivity contribution >= 4 is 21.8 Å². The first-order valence-corrected chi connectivity index (χ1v) is 7.91. The first-order valence-electron chi connectivity index (χ1n) is 7.11. The summed E-state index contributed by atoms with van der Waals surface area (Å²) in [7, 11) is 0. The lowest BCUT2D eigenvalue weighted by Crippen LogP contribution is -2.27. The minimum atomic E-state index is -0.323. The van der Waals surface area contributed by atoms with Crippen LogP contribution in [0.1, 0.15) is 11.1 Å². The number of carbonyl (C=O) groups is 1. The fourth-order valence-corrected chi connectivity index (χ4v) is 2.28. The van der Waals surface area contributed by atoms with Gasteiger partial charge in [0, 0.05) is 16.6 Å². The van der Waals surface area contributed by atoms with Crippen LogP contribution in [0.3, 0.4) is 0 Å². The van der Waals surface area contributed by atoms with Gasteiger partial charge >= 0.3 is 0 Å². The summed E-state index contributed by atoms with van der Waals surface area (Å²) in [4.78, 5) is 11.5. The fourth-order valence-electron chi connectivity index (χ4n) is 1.95. The van der Waals surface area contributed by atoms with E-state index in [2.05, 4.69) is 21.2 Å². The Morgan fingerprint density at radius 1 is 1.22 bits per heavy atom. The Morgan fingerprint density at radius 2 is 1.96 bits per heavy atom. The number of aliphatic hydroxyl groups excluding tert-OH is 1. The van der Waals surface area contributed by atoms with Crippen molar-refractivity contribution in [1.82, 2.24) is 5.32 Å². The summed E-state index contributed by atoms with van der Waals surface area (Å²) in [6.45, 7) is 0.305. The van der Waals surface area contributed by atoms with Crippen LogP contribution in [0, 0.1) is 5.82 Å². The lowest BCUT2D eigenvalue weighted by molar-refractivity contribution is -0.120. The van der Waals surface area contributed by atoms with Crippen molar-refractivity contribution in [1.29, 1.82) is 0 Å². The third-order valence-corrected chi connectivity index (χ3v) is 3.62. The van der Waals surface area contributed by atoms with Crippen molar-refractivity contribution in [3.05, 3.63) is 63.9 Å². The molecule has 0 heterocycles. The first kappa shape index (κ1) is 17.4. The van der Waals surface area contributed by atoms with Gasteiger partial charge in [-0.1, -0.05) is 34.1 Å². The van der Waals surface area contributed by atoms with Crippen LogP contribution in [-0.4, -0.2) is 24.2 Å². The van der Waals surface area contributed by atoms with E-state index in [4.69, 9.17) is 9.84 Å². The van der Waals surface area contributed by atoms with Gasteiger partial charge in [0.05, 0.1) is 13.0 Å². The highest BCUT2D eigenvalue weighted by atomic mass is 79.9. The number of hydrogen-bond acceptors (Lipinski definition) is 3. The SMILES string of the molecule is O=C(Cc1ccc(OCc2ccc(Br)cc2F)cc1)NCCO.